The summed E-state index contributed by atoms with van der Waals surface area (Å²) >= 11 is 0. The third kappa shape index (κ3) is 4.37. The number of benzene rings is 2. The molecule has 4 heteroatoms. The highest BCUT2D eigenvalue weighted by Gasteiger charge is 2.30. The fraction of sp³-hybridized carbons (Fsp3) is 0.409. The second kappa shape index (κ2) is 8.26. The van der Waals surface area contributed by atoms with Gasteiger partial charge in [-0.15, -0.1) is 0 Å². The van der Waals surface area contributed by atoms with Crippen molar-refractivity contribution in [3.63, 3.8) is 0 Å². The third-order valence-corrected chi connectivity index (χ3v) is 4.30. The van der Waals surface area contributed by atoms with Crippen molar-refractivity contribution in [2.45, 2.75) is 45.4 Å². The number of esters is 1. The van der Waals surface area contributed by atoms with Crippen LogP contribution in [0.4, 0.5) is 0 Å². The van der Waals surface area contributed by atoms with E-state index >= 15 is 0 Å². The van der Waals surface area contributed by atoms with E-state index in [0.29, 0.717) is 12.4 Å². The lowest BCUT2D eigenvalue weighted by atomic mass is 9.78. The number of carbonyl (C=O) groups is 1. The highest BCUT2D eigenvalue weighted by molar-refractivity contribution is 5.83. The normalized spacial score (nSPS) is 12.5. The van der Waals surface area contributed by atoms with E-state index in [-0.39, 0.29) is 17.1 Å². The second-order valence-electron chi connectivity index (χ2n) is 7.37. The van der Waals surface area contributed by atoms with E-state index in [2.05, 4.69) is 20.8 Å². The molecule has 0 amide bonds. The van der Waals surface area contributed by atoms with E-state index in [1.807, 2.05) is 31.2 Å². The van der Waals surface area contributed by atoms with Gasteiger partial charge in [0.05, 0.1) is 13.7 Å². The van der Waals surface area contributed by atoms with Gasteiger partial charge in [-0.25, -0.2) is 0 Å². The largest absolute Gasteiger partial charge is 0.504 e. The van der Waals surface area contributed by atoms with E-state index in [9.17, 15) is 9.90 Å². The molecule has 1 N–H and O–H groups in total. The minimum atomic E-state index is -0.577. The number of methoxy groups -OCH3 is 1. The van der Waals surface area contributed by atoms with Crippen LogP contribution in [0.25, 0.3) is 0 Å². The van der Waals surface area contributed by atoms with Crippen LogP contribution in [-0.2, 0) is 14.9 Å². The Kier molecular flexibility index (Phi) is 6.30. The zero-order chi connectivity index (χ0) is 19.3. The van der Waals surface area contributed by atoms with E-state index in [1.54, 1.807) is 18.2 Å². The molecule has 2 aromatic rings. The van der Waals surface area contributed by atoms with Gasteiger partial charge in [-0.05, 0) is 40.7 Å². The number of phenols is 1. The van der Waals surface area contributed by atoms with E-state index < -0.39 is 5.92 Å². The Balaban J connectivity index is 2.62. The van der Waals surface area contributed by atoms with Gasteiger partial charge in [0.1, 0.15) is 5.92 Å². The number of ether oxygens (including phenoxy) is 2. The number of aromatic hydroxyl groups is 1. The lowest BCUT2D eigenvalue weighted by molar-refractivity contribution is -0.144. The number of rotatable bonds is 6. The molecule has 0 heterocycles. The highest BCUT2D eigenvalue weighted by Crippen LogP contribution is 2.37. The van der Waals surface area contributed by atoms with Crippen molar-refractivity contribution >= 4 is 5.97 Å². The summed E-state index contributed by atoms with van der Waals surface area (Å²) in [5.41, 5.74) is 2.61. The quantitative estimate of drug-likeness (QED) is 0.757. The summed E-state index contributed by atoms with van der Waals surface area (Å²) in [6, 6.07) is 12.9. The lowest BCUT2D eigenvalue weighted by Crippen LogP contribution is -2.23. The van der Waals surface area contributed by atoms with Gasteiger partial charge >= 0.3 is 5.97 Å². The summed E-state index contributed by atoms with van der Waals surface area (Å²) in [6.07, 6.45) is 0.762. The molecule has 4 nitrogen and oxygen atoms in total. The van der Waals surface area contributed by atoms with Gasteiger partial charge in [-0.3, -0.25) is 4.79 Å². The van der Waals surface area contributed by atoms with Crippen LogP contribution < -0.4 is 4.74 Å². The zero-order valence-electron chi connectivity index (χ0n) is 16.2. The van der Waals surface area contributed by atoms with Crippen molar-refractivity contribution < 1.29 is 19.4 Å². The molecule has 0 saturated heterocycles. The minimum Gasteiger partial charge on any atom is -0.504 e. The third-order valence-electron chi connectivity index (χ3n) is 4.30. The molecule has 0 aliphatic rings. The molecule has 0 radical (unpaired) electrons. The fourth-order valence-corrected chi connectivity index (χ4v) is 3.03. The molecule has 26 heavy (non-hydrogen) atoms. The first-order chi connectivity index (χ1) is 12.3. The summed E-state index contributed by atoms with van der Waals surface area (Å²) < 4.78 is 10.7. The molecular formula is C22H28O4. The predicted octanol–water partition coefficient (Wildman–Crippen LogP) is 4.78. The molecule has 0 aliphatic carbocycles. The Morgan fingerprint density at radius 3 is 2.46 bits per heavy atom. The van der Waals surface area contributed by atoms with Crippen molar-refractivity contribution in [3.8, 4) is 11.5 Å². The van der Waals surface area contributed by atoms with Crippen molar-refractivity contribution in [2.75, 3.05) is 13.7 Å². The first-order valence-corrected chi connectivity index (χ1v) is 8.92. The molecule has 1 atom stereocenters. The summed E-state index contributed by atoms with van der Waals surface area (Å²) in [5.74, 6) is -0.493. The number of carbonyl (C=O) groups excluding carboxylic acids is 1. The van der Waals surface area contributed by atoms with Crippen LogP contribution in [0.2, 0.25) is 0 Å². The molecule has 0 bridgehead atoms. The average molecular weight is 356 g/mol. The topological polar surface area (TPSA) is 55.8 Å². The second-order valence-corrected chi connectivity index (χ2v) is 7.37. The monoisotopic (exact) mass is 356 g/mol. The maximum Gasteiger partial charge on any atom is 0.317 e. The smallest absolute Gasteiger partial charge is 0.317 e. The molecule has 0 spiro atoms. The lowest BCUT2D eigenvalue weighted by Gasteiger charge is -2.27. The van der Waals surface area contributed by atoms with Crippen molar-refractivity contribution in [2.24, 2.45) is 0 Å². The molecule has 0 fully saturated rings. The molecule has 0 saturated carbocycles. The van der Waals surface area contributed by atoms with Gasteiger partial charge in [0.2, 0.25) is 0 Å². The molecule has 0 aromatic heterocycles. The molecule has 0 aliphatic heterocycles. The van der Waals surface area contributed by atoms with Crippen molar-refractivity contribution in [3.05, 3.63) is 59.2 Å². The molecule has 140 valence electrons. The van der Waals surface area contributed by atoms with E-state index in [4.69, 9.17) is 9.47 Å². The van der Waals surface area contributed by atoms with Crippen LogP contribution in [0, 0.1) is 0 Å². The van der Waals surface area contributed by atoms with Crippen LogP contribution in [0.5, 0.6) is 11.5 Å². The maximum absolute atomic E-state index is 12.9. The van der Waals surface area contributed by atoms with Gasteiger partial charge in [-0.1, -0.05) is 58.0 Å². The Bertz CT molecular complexity index is 759. The van der Waals surface area contributed by atoms with E-state index in [1.165, 1.54) is 7.11 Å². The summed E-state index contributed by atoms with van der Waals surface area (Å²) in [5, 5.41) is 9.91. The van der Waals surface area contributed by atoms with Crippen LogP contribution in [0.1, 0.15) is 56.7 Å². The zero-order valence-corrected chi connectivity index (χ0v) is 16.2. The van der Waals surface area contributed by atoms with E-state index in [0.717, 1.165) is 23.1 Å². The van der Waals surface area contributed by atoms with Gasteiger partial charge in [0, 0.05) is 0 Å². The Morgan fingerprint density at radius 2 is 1.85 bits per heavy atom. The van der Waals surface area contributed by atoms with Gasteiger partial charge in [-0.2, -0.15) is 0 Å². The SMILES string of the molecule is CCCOC(=O)C(c1ccc(O)c(OC)c1)c1ccccc1C(C)(C)C. The first-order valence-electron chi connectivity index (χ1n) is 8.92. The predicted molar refractivity (Wildman–Crippen MR) is 103 cm³/mol. The first kappa shape index (κ1) is 19.8. The van der Waals surface area contributed by atoms with Crippen LogP contribution in [0.15, 0.2) is 42.5 Å². The highest BCUT2D eigenvalue weighted by atomic mass is 16.5. The summed E-state index contributed by atoms with van der Waals surface area (Å²) in [7, 11) is 1.49. The van der Waals surface area contributed by atoms with Crippen molar-refractivity contribution in [1.82, 2.24) is 0 Å². The number of hydrogen-bond acceptors (Lipinski definition) is 4. The molecule has 1 unspecified atom stereocenters. The number of phenolic OH excluding ortho intramolecular Hbond substituents is 1. The van der Waals surface area contributed by atoms with Gasteiger partial charge in [0.25, 0.3) is 0 Å². The Morgan fingerprint density at radius 1 is 1.15 bits per heavy atom. The molecule has 2 rings (SSSR count). The van der Waals surface area contributed by atoms with Gasteiger partial charge in [0.15, 0.2) is 11.5 Å². The van der Waals surface area contributed by atoms with Crippen LogP contribution >= 0.6 is 0 Å². The van der Waals surface area contributed by atoms with Crippen molar-refractivity contribution in [1.29, 1.82) is 0 Å². The number of hydrogen-bond donors (Lipinski definition) is 1. The van der Waals surface area contributed by atoms with Crippen LogP contribution in [0.3, 0.4) is 0 Å². The van der Waals surface area contributed by atoms with Crippen LogP contribution in [-0.4, -0.2) is 24.8 Å². The summed E-state index contributed by atoms with van der Waals surface area (Å²) in [4.78, 5) is 12.9. The molecular weight excluding hydrogens is 328 g/mol. The van der Waals surface area contributed by atoms with Gasteiger partial charge < -0.3 is 14.6 Å². The average Bonchev–Trinajstić information content (AvgIpc) is 2.61. The maximum atomic E-state index is 12.9. The standard InChI is InChI=1S/C22H28O4/c1-6-13-26-21(24)20(15-11-12-18(23)19(14-15)25-5)16-9-7-8-10-17(16)22(2,3)4/h7-12,14,20,23H,6,13H2,1-5H3. The Labute approximate surface area is 155 Å². The Hall–Kier alpha value is -2.49. The minimum absolute atomic E-state index is 0.0426. The molecule has 2 aromatic carbocycles. The fourth-order valence-electron chi connectivity index (χ4n) is 3.03. The summed E-state index contributed by atoms with van der Waals surface area (Å²) in [6.45, 7) is 8.71.